The lowest BCUT2D eigenvalue weighted by Crippen LogP contribution is -2.46. The lowest BCUT2D eigenvalue weighted by Gasteiger charge is -2.36. The average Bonchev–Trinajstić information content (AvgIpc) is 2.49. The zero-order chi connectivity index (χ0) is 15.5. The minimum absolute atomic E-state index is 0.317. The van der Waals surface area contributed by atoms with Gasteiger partial charge in [-0.15, -0.1) is 0 Å². The van der Waals surface area contributed by atoms with E-state index in [4.69, 9.17) is 28.9 Å². The van der Waals surface area contributed by atoms with Gasteiger partial charge in [-0.05, 0) is 30.5 Å². The second-order valence-corrected chi connectivity index (χ2v) is 6.08. The first-order valence-electron chi connectivity index (χ1n) is 6.88. The van der Waals surface area contributed by atoms with Crippen LogP contribution in [0.15, 0.2) is 48.5 Å². The molecule has 112 valence electrons. The van der Waals surface area contributed by atoms with Crippen molar-refractivity contribution in [3.05, 3.63) is 69.7 Å². The van der Waals surface area contributed by atoms with Gasteiger partial charge in [0, 0.05) is 12.0 Å². The van der Waals surface area contributed by atoms with Crippen LogP contribution >= 0.6 is 23.2 Å². The predicted molar refractivity (Wildman–Crippen MR) is 89.0 cm³/mol. The zero-order valence-corrected chi connectivity index (χ0v) is 13.4. The van der Waals surface area contributed by atoms with Gasteiger partial charge in [0.15, 0.2) is 0 Å². The first-order chi connectivity index (χ1) is 10.0. The first kappa shape index (κ1) is 16.3. The molecule has 0 radical (unpaired) electrons. The molecule has 0 saturated carbocycles. The van der Waals surface area contributed by atoms with Gasteiger partial charge in [0.2, 0.25) is 0 Å². The van der Waals surface area contributed by atoms with E-state index in [-0.39, 0.29) is 0 Å². The van der Waals surface area contributed by atoms with Crippen LogP contribution in [0.2, 0.25) is 10.0 Å². The Morgan fingerprint density at radius 1 is 1.10 bits per heavy atom. The van der Waals surface area contributed by atoms with Crippen molar-refractivity contribution in [1.82, 2.24) is 0 Å². The van der Waals surface area contributed by atoms with Crippen LogP contribution in [0.1, 0.15) is 18.1 Å². The molecule has 0 aliphatic heterocycles. The fourth-order valence-corrected chi connectivity index (χ4v) is 3.03. The summed E-state index contributed by atoms with van der Waals surface area (Å²) in [4.78, 5) is 0. The minimum Gasteiger partial charge on any atom is -0.392 e. The van der Waals surface area contributed by atoms with Gasteiger partial charge in [0.05, 0.1) is 16.1 Å². The lowest BCUT2D eigenvalue weighted by molar-refractivity contribution is 0.100. The highest BCUT2D eigenvalue weighted by Crippen LogP contribution is 2.35. The third kappa shape index (κ3) is 3.24. The summed E-state index contributed by atoms with van der Waals surface area (Å²) in [6, 6.07) is 15.3. The largest absolute Gasteiger partial charge is 0.392 e. The smallest absolute Gasteiger partial charge is 0.0624 e. The van der Waals surface area contributed by atoms with E-state index in [1.165, 1.54) is 0 Å². The Hall–Kier alpha value is -1.06. The minimum atomic E-state index is -0.611. The number of aliphatic hydroxyl groups excluding tert-OH is 1. The third-order valence-corrected chi connectivity index (χ3v) is 4.91. The molecule has 2 aromatic carbocycles. The molecule has 0 spiro atoms. The highest BCUT2D eigenvalue weighted by molar-refractivity contribution is 6.42. The summed E-state index contributed by atoms with van der Waals surface area (Å²) in [5, 5.41) is 11.4. The van der Waals surface area contributed by atoms with Crippen molar-refractivity contribution in [1.29, 1.82) is 0 Å². The Morgan fingerprint density at radius 2 is 1.76 bits per heavy atom. The molecule has 0 aliphatic rings. The Labute approximate surface area is 135 Å². The van der Waals surface area contributed by atoms with E-state index < -0.39 is 11.5 Å². The van der Waals surface area contributed by atoms with Crippen molar-refractivity contribution in [2.75, 3.05) is 6.54 Å². The van der Waals surface area contributed by atoms with Crippen LogP contribution < -0.4 is 5.73 Å². The van der Waals surface area contributed by atoms with Crippen LogP contribution in [0.3, 0.4) is 0 Å². The Morgan fingerprint density at radius 3 is 2.33 bits per heavy atom. The highest BCUT2D eigenvalue weighted by Gasteiger charge is 2.36. The summed E-state index contributed by atoms with van der Waals surface area (Å²) < 4.78 is 0. The second-order valence-electron chi connectivity index (χ2n) is 5.29. The fourth-order valence-electron chi connectivity index (χ4n) is 2.65. The van der Waals surface area contributed by atoms with Crippen molar-refractivity contribution in [2.45, 2.75) is 24.9 Å². The fraction of sp³-hybridized carbons (Fsp3) is 0.294. The van der Waals surface area contributed by atoms with Crippen LogP contribution in [0.4, 0.5) is 0 Å². The zero-order valence-electron chi connectivity index (χ0n) is 11.9. The Kier molecular flexibility index (Phi) is 5.28. The maximum absolute atomic E-state index is 10.4. The van der Waals surface area contributed by atoms with Crippen molar-refractivity contribution in [3.8, 4) is 0 Å². The summed E-state index contributed by atoms with van der Waals surface area (Å²) in [6.45, 7) is 2.08. The molecule has 0 aliphatic carbocycles. The van der Waals surface area contributed by atoms with E-state index in [1.54, 1.807) is 13.0 Å². The number of rotatable bonds is 5. The first-order valence-corrected chi connectivity index (χ1v) is 7.63. The summed E-state index contributed by atoms with van der Waals surface area (Å²) in [6.07, 6.45) is -0.0788. The van der Waals surface area contributed by atoms with Gasteiger partial charge in [0.1, 0.15) is 0 Å². The molecule has 0 bridgehead atoms. The summed E-state index contributed by atoms with van der Waals surface area (Å²) >= 11 is 12.4. The molecule has 2 nitrogen and oxygen atoms in total. The second kappa shape index (κ2) is 6.80. The molecular weight excluding hydrogens is 305 g/mol. The van der Waals surface area contributed by atoms with Crippen LogP contribution in [0.5, 0.6) is 0 Å². The summed E-state index contributed by atoms with van der Waals surface area (Å²) in [5.74, 6) is 0. The normalized spacial score (nSPS) is 15.5. The predicted octanol–water partition coefficient (Wildman–Crippen LogP) is 3.81. The molecule has 4 heteroatoms. The van der Waals surface area contributed by atoms with E-state index in [0.717, 1.165) is 11.1 Å². The van der Waals surface area contributed by atoms with E-state index in [1.807, 2.05) is 42.5 Å². The molecule has 0 heterocycles. The van der Waals surface area contributed by atoms with Crippen LogP contribution in [0.25, 0.3) is 0 Å². The van der Waals surface area contributed by atoms with Gasteiger partial charge < -0.3 is 10.8 Å². The summed E-state index contributed by atoms with van der Waals surface area (Å²) in [5.41, 5.74) is 7.34. The molecule has 0 saturated heterocycles. The number of nitrogens with two attached hydrogens (primary N) is 1. The van der Waals surface area contributed by atoms with E-state index in [9.17, 15) is 5.11 Å². The maximum Gasteiger partial charge on any atom is 0.0624 e. The number of benzene rings is 2. The quantitative estimate of drug-likeness (QED) is 0.878. The van der Waals surface area contributed by atoms with Crippen molar-refractivity contribution < 1.29 is 5.11 Å². The molecule has 0 aromatic heterocycles. The van der Waals surface area contributed by atoms with E-state index in [2.05, 4.69) is 0 Å². The SMILES string of the molecule is CC(O)C(CN)(Cc1cccc(Cl)c1Cl)c1ccccc1. The van der Waals surface area contributed by atoms with Crippen molar-refractivity contribution >= 4 is 23.2 Å². The van der Waals surface area contributed by atoms with Crippen LogP contribution in [-0.4, -0.2) is 17.8 Å². The number of halogens is 2. The van der Waals surface area contributed by atoms with Gasteiger partial charge in [-0.3, -0.25) is 0 Å². The Balaban J connectivity index is 2.49. The molecule has 2 aromatic rings. The van der Waals surface area contributed by atoms with Crippen LogP contribution in [0, 0.1) is 0 Å². The van der Waals surface area contributed by atoms with Gasteiger partial charge in [-0.1, -0.05) is 65.7 Å². The van der Waals surface area contributed by atoms with Gasteiger partial charge in [-0.25, -0.2) is 0 Å². The van der Waals surface area contributed by atoms with E-state index in [0.29, 0.717) is 23.0 Å². The lowest BCUT2D eigenvalue weighted by atomic mass is 9.72. The van der Waals surface area contributed by atoms with Crippen molar-refractivity contribution in [3.63, 3.8) is 0 Å². The highest BCUT2D eigenvalue weighted by atomic mass is 35.5. The van der Waals surface area contributed by atoms with Gasteiger partial charge >= 0.3 is 0 Å². The van der Waals surface area contributed by atoms with Crippen LogP contribution in [-0.2, 0) is 11.8 Å². The molecule has 2 rings (SSSR count). The average molecular weight is 324 g/mol. The number of hydrogen-bond donors (Lipinski definition) is 2. The van der Waals surface area contributed by atoms with Gasteiger partial charge in [-0.2, -0.15) is 0 Å². The monoisotopic (exact) mass is 323 g/mol. The molecule has 3 N–H and O–H groups in total. The molecule has 2 atom stereocenters. The van der Waals surface area contributed by atoms with E-state index >= 15 is 0 Å². The molecule has 0 amide bonds. The number of aliphatic hydroxyl groups is 1. The summed E-state index contributed by atoms with van der Waals surface area (Å²) in [7, 11) is 0. The Bertz CT molecular complexity index is 601. The molecule has 0 fully saturated rings. The topological polar surface area (TPSA) is 46.2 Å². The third-order valence-electron chi connectivity index (χ3n) is 4.05. The van der Waals surface area contributed by atoms with Gasteiger partial charge in [0.25, 0.3) is 0 Å². The molecular formula is C17H19Cl2NO. The standard InChI is InChI=1S/C17H19Cl2NO/c1-12(21)17(11-20,14-7-3-2-4-8-14)10-13-6-5-9-15(18)16(13)19/h2-9,12,21H,10-11,20H2,1H3. The molecule has 21 heavy (non-hydrogen) atoms. The number of hydrogen-bond acceptors (Lipinski definition) is 2. The van der Waals surface area contributed by atoms with Crippen molar-refractivity contribution in [2.24, 2.45) is 5.73 Å². The molecule has 2 unspecified atom stereocenters. The maximum atomic E-state index is 10.4.